The van der Waals surface area contributed by atoms with Crippen LogP contribution in [0.25, 0.3) is 0 Å². The third-order valence-electron chi connectivity index (χ3n) is 4.42. The molecule has 6 nitrogen and oxygen atoms in total. The molecule has 0 spiro atoms. The summed E-state index contributed by atoms with van der Waals surface area (Å²) < 4.78 is 25.3. The van der Waals surface area contributed by atoms with Gasteiger partial charge in [0.2, 0.25) is 5.91 Å². The number of aryl methyl sites for hydroxylation is 2. The van der Waals surface area contributed by atoms with E-state index in [-0.39, 0.29) is 22.1 Å². The number of fused-ring (bicyclic) bond motifs is 1. The van der Waals surface area contributed by atoms with Gasteiger partial charge in [0.25, 0.3) is 0 Å². The molecule has 0 saturated heterocycles. The Morgan fingerprint density at radius 2 is 1.81 bits per heavy atom. The highest BCUT2D eigenvalue weighted by Gasteiger charge is 2.19. The van der Waals surface area contributed by atoms with Crippen molar-refractivity contribution in [3.05, 3.63) is 59.2 Å². The summed E-state index contributed by atoms with van der Waals surface area (Å²) in [4.78, 5) is 22.7. The summed E-state index contributed by atoms with van der Waals surface area (Å²) >= 11 is 0. The Kier molecular flexibility index (Phi) is 5.08. The first kappa shape index (κ1) is 18.1. The van der Waals surface area contributed by atoms with Crippen LogP contribution in [0.2, 0.25) is 0 Å². The lowest BCUT2D eigenvalue weighted by Gasteiger charge is -2.10. The highest BCUT2D eigenvalue weighted by Crippen LogP contribution is 2.26. The number of amides is 1. The summed E-state index contributed by atoms with van der Waals surface area (Å²) in [6.45, 7) is 0. The summed E-state index contributed by atoms with van der Waals surface area (Å²) in [7, 11) is -3.47. The highest BCUT2D eigenvalue weighted by molar-refractivity contribution is 7.91. The van der Waals surface area contributed by atoms with Gasteiger partial charge in [-0.15, -0.1) is 0 Å². The Labute approximate surface area is 151 Å². The van der Waals surface area contributed by atoms with Crippen molar-refractivity contribution in [2.75, 3.05) is 11.1 Å². The van der Waals surface area contributed by atoms with E-state index in [4.69, 9.17) is 5.11 Å². The number of benzene rings is 2. The number of carbonyl (C=O) groups excluding carboxylic acids is 1. The van der Waals surface area contributed by atoms with Crippen molar-refractivity contribution >= 4 is 27.4 Å². The lowest BCUT2D eigenvalue weighted by molar-refractivity contribution is -0.116. The number of hydrogen-bond donors (Lipinski definition) is 2. The smallest absolute Gasteiger partial charge is 0.335 e. The van der Waals surface area contributed by atoms with Crippen LogP contribution < -0.4 is 5.32 Å². The maximum Gasteiger partial charge on any atom is 0.335 e. The van der Waals surface area contributed by atoms with Crippen molar-refractivity contribution in [2.24, 2.45) is 0 Å². The van der Waals surface area contributed by atoms with E-state index in [0.717, 1.165) is 11.1 Å². The summed E-state index contributed by atoms with van der Waals surface area (Å²) in [6, 6.07) is 11.0. The Balaban J connectivity index is 1.75. The van der Waals surface area contributed by atoms with Crippen molar-refractivity contribution in [3.8, 4) is 0 Å². The molecule has 1 amide bonds. The minimum Gasteiger partial charge on any atom is -0.478 e. The first-order valence-corrected chi connectivity index (χ1v) is 9.98. The van der Waals surface area contributed by atoms with Gasteiger partial charge in [-0.05, 0) is 60.7 Å². The Morgan fingerprint density at radius 3 is 2.50 bits per heavy atom. The fraction of sp³-hybridized carbons (Fsp3) is 0.263. The molecular weight excluding hydrogens is 354 g/mol. The predicted molar refractivity (Wildman–Crippen MR) is 97.2 cm³/mol. The molecule has 0 aromatic heterocycles. The minimum atomic E-state index is -3.47. The van der Waals surface area contributed by atoms with Crippen molar-refractivity contribution in [2.45, 2.75) is 30.6 Å². The van der Waals surface area contributed by atoms with Crippen LogP contribution in [0.15, 0.2) is 47.4 Å². The molecule has 3 rings (SSSR count). The molecule has 1 aliphatic heterocycles. The molecule has 0 aliphatic carbocycles. The largest absolute Gasteiger partial charge is 0.478 e. The summed E-state index contributed by atoms with van der Waals surface area (Å²) in [5.41, 5.74) is 2.45. The molecular formula is C19H19NO5S. The summed E-state index contributed by atoms with van der Waals surface area (Å²) in [5, 5.41) is 11.7. The Morgan fingerprint density at radius 1 is 1.08 bits per heavy atom. The maximum absolute atomic E-state index is 12.6. The molecule has 1 aliphatic rings. The SMILES string of the molecule is O=C1CCCc2cc(S(=O)(=O)CCc3ccc(C(=O)O)cc3)ccc2N1. The number of rotatable bonds is 5. The second-order valence-electron chi connectivity index (χ2n) is 6.29. The first-order valence-electron chi connectivity index (χ1n) is 8.33. The number of hydrogen-bond acceptors (Lipinski definition) is 4. The van der Waals surface area contributed by atoms with E-state index in [1.54, 1.807) is 24.3 Å². The topological polar surface area (TPSA) is 101 Å². The van der Waals surface area contributed by atoms with Crippen LogP contribution in [0.4, 0.5) is 5.69 Å². The van der Waals surface area contributed by atoms with E-state index in [9.17, 15) is 18.0 Å². The summed E-state index contributed by atoms with van der Waals surface area (Å²) in [5.74, 6) is -1.13. The maximum atomic E-state index is 12.6. The van der Waals surface area contributed by atoms with Crippen molar-refractivity contribution < 1.29 is 23.1 Å². The third-order valence-corrected chi connectivity index (χ3v) is 6.13. The predicted octanol–water partition coefficient (Wildman–Crippen LogP) is 2.68. The van der Waals surface area contributed by atoms with E-state index in [0.29, 0.717) is 31.4 Å². The monoisotopic (exact) mass is 373 g/mol. The average molecular weight is 373 g/mol. The molecule has 136 valence electrons. The molecule has 2 aromatic carbocycles. The van der Waals surface area contributed by atoms with Crippen LogP contribution in [-0.2, 0) is 27.5 Å². The van der Waals surface area contributed by atoms with E-state index in [2.05, 4.69) is 5.32 Å². The molecule has 0 saturated carbocycles. The van der Waals surface area contributed by atoms with Crippen LogP contribution >= 0.6 is 0 Å². The van der Waals surface area contributed by atoms with Gasteiger partial charge < -0.3 is 10.4 Å². The zero-order valence-electron chi connectivity index (χ0n) is 14.1. The van der Waals surface area contributed by atoms with E-state index < -0.39 is 15.8 Å². The standard InChI is InChI=1S/C19H19NO5S/c21-18-3-1-2-15-12-16(8-9-17(15)20-18)26(24,25)11-10-13-4-6-14(7-5-13)19(22)23/h4-9,12H,1-3,10-11H2,(H,20,21)(H,22,23). The van der Waals surface area contributed by atoms with Gasteiger partial charge in [-0.25, -0.2) is 13.2 Å². The molecule has 0 bridgehead atoms. The second kappa shape index (κ2) is 7.29. The van der Waals surface area contributed by atoms with Crippen LogP contribution in [-0.4, -0.2) is 31.2 Å². The number of sulfone groups is 1. The number of carboxylic acids is 1. The molecule has 7 heteroatoms. The number of nitrogens with one attached hydrogen (secondary N) is 1. The quantitative estimate of drug-likeness (QED) is 0.839. The molecule has 1 heterocycles. The molecule has 2 aromatic rings. The third kappa shape index (κ3) is 4.11. The van der Waals surface area contributed by atoms with E-state index in [1.165, 1.54) is 18.2 Å². The highest BCUT2D eigenvalue weighted by atomic mass is 32.2. The minimum absolute atomic E-state index is 0.0517. The zero-order valence-corrected chi connectivity index (χ0v) is 14.9. The Bertz CT molecular complexity index is 948. The van der Waals surface area contributed by atoms with Crippen LogP contribution in [0.1, 0.15) is 34.3 Å². The van der Waals surface area contributed by atoms with Crippen molar-refractivity contribution in [1.82, 2.24) is 0 Å². The first-order chi connectivity index (χ1) is 12.3. The summed E-state index contributed by atoms with van der Waals surface area (Å²) in [6.07, 6.45) is 2.09. The molecule has 0 unspecified atom stereocenters. The number of carbonyl (C=O) groups is 2. The van der Waals surface area contributed by atoms with Crippen LogP contribution in [0.5, 0.6) is 0 Å². The molecule has 26 heavy (non-hydrogen) atoms. The van der Waals surface area contributed by atoms with Crippen molar-refractivity contribution in [3.63, 3.8) is 0 Å². The van der Waals surface area contributed by atoms with Crippen LogP contribution in [0, 0.1) is 0 Å². The lowest BCUT2D eigenvalue weighted by Crippen LogP contribution is -2.11. The van der Waals surface area contributed by atoms with Gasteiger partial charge in [0.05, 0.1) is 16.2 Å². The van der Waals surface area contributed by atoms with E-state index in [1.807, 2.05) is 0 Å². The zero-order chi connectivity index (χ0) is 18.7. The van der Waals surface area contributed by atoms with Gasteiger partial charge in [-0.2, -0.15) is 0 Å². The Hall–Kier alpha value is -2.67. The fourth-order valence-electron chi connectivity index (χ4n) is 2.93. The van der Waals surface area contributed by atoms with Gasteiger partial charge in [-0.3, -0.25) is 4.79 Å². The molecule has 0 atom stereocenters. The van der Waals surface area contributed by atoms with Crippen molar-refractivity contribution in [1.29, 1.82) is 0 Å². The second-order valence-corrected chi connectivity index (χ2v) is 8.40. The fourth-order valence-corrected chi connectivity index (χ4v) is 4.27. The molecule has 2 N–H and O–H groups in total. The number of anilines is 1. The van der Waals surface area contributed by atoms with Gasteiger partial charge >= 0.3 is 5.97 Å². The lowest BCUT2D eigenvalue weighted by atomic mass is 10.1. The van der Waals surface area contributed by atoms with Crippen LogP contribution in [0.3, 0.4) is 0 Å². The van der Waals surface area contributed by atoms with Gasteiger partial charge in [0, 0.05) is 12.1 Å². The molecule has 0 fully saturated rings. The van der Waals surface area contributed by atoms with Gasteiger partial charge in [0.15, 0.2) is 9.84 Å². The number of aromatic carboxylic acids is 1. The van der Waals surface area contributed by atoms with Gasteiger partial charge in [0.1, 0.15) is 0 Å². The normalized spacial score (nSPS) is 14.2. The van der Waals surface area contributed by atoms with E-state index >= 15 is 0 Å². The molecule has 0 radical (unpaired) electrons. The average Bonchev–Trinajstić information content (AvgIpc) is 2.80. The van der Waals surface area contributed by atoms with Gasteiger partial charge in [-0.1, -0.05) is 12.1 Å². The number of carboxylic acid groups (broad SMARTS) is 1.